The van der Waals surface area contributed by atoms with Gasteiger partial charge in [0.05, 0.1) is 23.8 Å². The van der Waals surface area contributed by atoms with Gasteiger partial charge in [0, 0.05) is 18.6 Å². The Balaban J connectivity index is 2.04. The first-order valence-electron chi connectivity index (χ1n) is 7.94. The van der Waals surface area contributed by atoms with E-state index in [1.165, 1.54) is 0 Å². The molecule has 0 spiro atoms. The van der Waals surface area contributed by atoms with Gasteiger partial charge in [-0.3, -0.25) is 9.38 Å². The molecule has 0 radical (unpaired) electrons. The monoisotopic (exact) mass is 331 g/mol. The molecule has 3 aromatic heterocycles. The minimum Gasteiger partial charge on any atom is -0.507 e. The normalized spacial score (nSPS) is 11.0. The number of fused-ring (bicyclic) bond motifs is 1. The number of rotatable bonds is 3. The van der Waals surface area contributed by atoms with Crippen molar-refractivity contribution < 1.29 is 9.84 Å². The van der Waals surface area contributed by atoms with E-state index in [1.807, 2.05) is 53.9 Å². The molecule has 25 heavy (non-hydrogen) atoms. The van der Waals surface area contributed by atoms with Gasteiger partial charge in [-0.15, -0.1) is 0 Å². The van der Waals surface area contributed by atoms with Crippen LogP contribution in [-0.2, 0) is 0 Å². The van der Waals surface area contributed by atoms with E-state index in [9.17, 15) is 5.11 Å². The fraction of sp³-hybridized carbons (Fsp3) is 0.100. The van der Waals surface area contributed by atoms with Gasteiger partial charge in [-0.25, -0.2) is 4.98 Å². The first kappa shape index (κ1) is 15.2. The van der Waals surface area contributed by atoms with Crippen molar-refractivity contribution in [3.63, 3.8) is 0 Å². The van der Waals surface area contributed by atoms with Gasteiger partial charge in [0.15, 0.2) is 0 Å². The Kier molecular flexibility index (Phi) is 3.61. The quantitative estimate of drug-likeness (QED) is 0.614. The molecule has 0 bridgehead atoms. The molecule has 3 heterocycles. The Morgan fingerprint density at radius 2 is 1.96 bits per heavy atom. The van der Waals surface area contributed by atoms with Crippen molar-refractivity contribution >= 4 is 5.52 Å². The molecular weight excluding hydrogens is 314 g/mol. The minimum absolute atomic E-state index is 0.200. The summed E-state index contributed by atoms with van der Waals surface area (Å²) in [5.74, 6) is 1.59. The third-order valence-electron chi connectivity index (χ3n) is 4.20. The second-order valence-corrected chi connectivity index (χ2v) is 5.84. The van der Waals surface area contributed by atoms with Crippen LogP contribution in [0.1, 0.15) is 5.56 Å². The van der Waals surface area contributed by atoms with Crippen molar-refractivity contribution in [2.75, 3.05) is 7.11 Å². The van der Waals surface area contributed by atoms with Crippen LogP contribution < -0.4 is 4.74 Å². The standard InChI is InChI=1S/C20H17N3O2/c1-13-6-7-17(24)14(11-13)20-22-19(16-5-3-4-10-23(16)20)15-12-21-9-8-18(15)25-2/h3-12,24H,1-2H3. The van der Waals surface area contributed by atoms with Crippen LogP contribution in [0.25, 0.3) is 28.2 Å². The molecule has 0 amide bonds. The van der Waals surface area contributed by atoms with Crippen molar-refractivity contribution in [2.45, 2.75) is 6.92 Å². The molecule has 0 aliphatic carbocycles. The van der Waals surface area contributed by atoms with Crippen LogP contribution >= 0.6 is 0 Å². The van der Waals surface area contributed by atoms with Gasteiger partial charge in [-0.2, -0.15) is 0 Å². The average Bonchev–Trinajstić information content (AvgIpc) is 3.03. The van der Waals surface area contributed by atoms with Crippen LogP contribution in [0.2, 0.25) is 0 Å². The lowest BCUT2D eigenvalue weighted by Gasteiger charge is -2.05. The zero-order valence-electron chi connectivity index (χ0n) is 14.0. The summed E-state index contributed by atoms with van der Waals surface area (Å²) < 4.78 is 7.44. The van der Waals surface area contributed by atoms with Crippen LogP contribution in [0.15, 0.2) is 61.1 Å². The summed E-state index contributed by atoms with van der Waals surface area (Å²) in [5.41, 5.74) is 4.24. The Morgan fingerprint density at radius 3 is 2.80 bits per heavy atom. The number of hydrogen-bond donors (Lipinski definition) is 1. The molecule has 0 aliphatic heterocycles. The molecule has 0 atom stereocenters. The minimum atomic E-state index is 0.200. The topological polar surface area (TPSA) is 59.7 Å². The van der Waals surface area contributed by atoms with Crippen molar-refractivity contribution in [1.29, 1.82) is 0 Å². The van der Waals surface area contributed by atoms with E-state index < -0.39 is 0 Å². The number of nitrogens with zero attached hydrogens (tertiary/aromatic N) is 3. The Morgan fingerprint density at radius 1 is 1.08 bits per heavy atom. The summed E-state index contributed by atoms with van der Waals surface area (Å²) in [4.78, 5) is 9.03. The molecule has 0 saturated carbocycles. The summed E-state index contributed by atoms with van der Waals surface area (Å²) in [6.45, 7) is 1.99. The molecular formula is C20H17N3O2. The number of pyridine rings is 2. The Labute approximate surface area is 145 Å². The first-order chi connectivity index (χ1) is 12.2. The fourth-order valence-corrected chi connectivity index (χ4v) is 2.99. The number of ether oxygens (including phenoxy) is 1. The highest BCUT2D eigenvalue weighted by Gasteiger charge is 2.18. The lowest BCUT2D eigenvalue weighted by molar-refractivity contribution is 0.416. The lowest BCUT2D eigenvalue weighted by Crippen LogP contribution is -1.89. The molecule has 5 nitrogen and oxygen atoms in total. The molecule has 0 aliphatic rings. The molecule has 0 unspecified atom stereocenters. The average molecular weight is 331 g/mol. The zero-order valence-corrected chi connectivity index (χ0v) is 14.0. The summed E-state index contributed by atoms with van der Waals surface area (Å²) in [6.07, 6.45) is 5.37. The number of methoxy groups -OCH3 is 1. The maximum Gasteiger partial charge on any atom is 0.149 e. The predicted octanol–water partition coefficient (Wildman–Crippen LogP) is 4.09. The molecule has 124 valence electrons. The highest BCUT2D eigenvalue weighted by Crippen LogP contribution is 2.36. The highest BCUT2D eigenvalue weighted by molar-refractivity contribution is 5.84. The molecule has 0 fully saturated rings. The second kappa shape index (κ2) is 5.94. The predicted molar refractivity (Wildman–Crippen MR) is 96.8 cm³/mol. The van der Waals surface area contributed by atoms with Gasteiger partial charge < -0.3 is 9.84 Å². The maximum absolute atomic E-state index is 10.3. The molecule has 1 aromatic carbocycles. The third kappa shape index (κ3) is 2.50. The number of benzene rings is 1. The Hall–Kier alpha value is -3.34. The van der Waals surface area contributed by atoms with E-state index in [0.29, 0.717) is 17.1 Å². The van der Waals surface area contributed by atoms with Gasteiger partial charge in [0.25, 0.3) is 0 Å². The fourth-order valence-electron chi connectivity index (χ4n) is 2.99. The van der Waals surface area contributed by atoms with Crippen LogP contribution in [-0.4, -0.2) is 26.6 Å². The van der Waals surface area contributed by atoms with Gasteiger partial charge in [0.2, 0.25) is 0 Å². The van der Waals surface area contributed by atoms with Gasteiger partial charge in [0.1, 0.15) is 23.0 Å². The van der Waals surface area contributed by atoms with E-state index in [1.54, 1.807) is 25.6 Å². The van der Waals surface area contributed by atoms with Gasteiger partial charge in [-0.05, 0) is 37.3 Å². The highest BCUT2D eigenvalue weighted by atomic mass is 16.5. The number of hydrogen-bond acceptors (Lipinski definition) is 4. The number of phenolic OH excluding ortho intramolecular Hbond substituents is 1. The summed E-state index contributed by atoms with van der Waals surface area (Å²) >= 11 is 0. The zero-order chi connectivity index (χ0) is 17.4. The van der Waals surface area contributed by atoms with Crippen LogP contribution in [0, 0.1) is 6.92 Å². The second-order valence-electron chi connectivity index (χ2n) is 5.84. The smallest absolute Gasteiger partial charge is 0.149 e. The number of aromatic hydroxyl groups is 1. The largest absolute Gasteiger partial charge is 0.507 e. The molecule has 1 N–H and O–H groups in total. The van der Waals surface area contributed by atoms with Gasteiger partial charge >= 0.3 is 0 Å². The van der Waals surface area contributed by atoms with Crippen LogP contribution in [0.4, 0.5) is 0 Å². The van der Waals surface area contributed by atoms with E-state index in [0.717, 1.165) is 22.3 Å². The molecule has 0 saturated heterocycles. The Bertz CT molecular complexity index is 1070. The SMILES string of the molecule is COc1ccncc1-c1nc(-c2cc(C)ccc2O)n2ccccc12. The van der Waals surface area contributed by atoms with E-state index in [4.69, 9.17) is 9.72 Å². The van der Waals surface area contributed by atoms with Crippen molar-refractivity contribution in [3.05, 3.63) is 66.6 Å². The van der Waals surface area contributed by atoms with Crippen molar-refractivity contribution in [2.24, 2.45) is 0 Å². The van der Waals surface area contributed by atoms with Gasteiger partial charge in [-0.1, -0.05) is 17.7 Å². The number of aromatic nitrogens is 3. The number of imidazole rings is 1. The molecule has 4 rings (SSSR count). The van der Waals surface area contributed by atoms with E-state index in [2.05, 4.69) is 4.98 Å². The summed E-state index contributed by atoms with van der Waals surface area (Å²) in [6, 6.07) is 13.2. The maximum atomic E-state index is 10.3. The summed E-state index contributed by atoms with van der Waals surface area (Å²) in [5, 5.41) is 10.3. The van der Waals surface area contributed by atoms with Crippen molar-refractivity contribution in [3.8, 4) is 34.1 Å². The van der Waals surface area contributed by atoms with E-state index in [-0.39, 0.29) is 5.75 Å². The van der Waals surface area contributed by atoms with Crippen LogP contribution in [0.5, 0.6) is 11.5 Å². The first-order valence-corrected chi connectivity index (χ1v) is 7.94. The lowest BCUT2D eigenvalue weighted by atomic mass is 10.1. The van der Waals surface area contributed by atoms with Crippen LogP contribution in [0.3, 0.4) is 0 Å². The molecule has 4 aromatic rings. The molecule has 5 heteroatoms. The number of phenols is 1. The number of aryl methyl sites for hydroxylation is 1. The summed E-state index contributed by atoms with van der Waals surface area (Å²) in [7, 11) is 1.63. The van der Waals surface area contributed by atoms with Crippen molar-refractivity contribution in [1.82, 2.24) is 14.4 Å². The third-order valence-corrected chi connectivity index (χ3v) is 4.20. The van der Waals surface area contributed by atoms with E-state index >= 15 is 0 Å².